The average molecular weight is 281 g/mol. The van der Waals surface area contributed by atoms with Gasteiger partial charge in [-0.05, 0) is 30.3 Å². The lowest BCUT2D eigenvalue weighted by Gasteiger charge is -2.06. The molecule has 0 spiro atoms. The molecular formula is C13H10ClFN2O2. The molecule has 2 aromatic rings. The van der Waals surface area contributed by atoms with Crippen molar-refractivity contribution in [3.05, 3.63) is 52.9 Å². The Balaban J connectivity index is 2.23. The Morgan fingerprint density at radius 3 is 2.53 bits per heavy atom. The summed E-state index contributed by atoms with van der Waals surface area (Å²) in [4.78, 5) is 14.6. The molecule has 0 radical (unpaired) electrons. The zero-order chi connectivity index (χ0) is 13.8. The molecular weight excluding hydrogens is 271 g/mol. The Morgan fingerprint density at radius 1 is 1.26 bits per heavy atom. The van der Waals surface area contributed by atoms with Crippen LogP contribution in [0.5, 0.6) is 0 Å². The van der Waals surface area contributed by atoms with Crippen LogP contribution in [0.2, 0.25) is 5.15 Å². The lowest BCUT2D eigenvalue weighted by Crippen LogP contribution is -2.20. The van der Waals surface area contributed by atoms with Crippen molar-refractivity contribution >= 4 is 17.7 Å². The summed E-state index contributed by atoms with van der Waals surface area (Å²) in [5.74, 6) is -0.322. The zero-order valence-electron chi connectivity index (χ0n) is 9.73. The second kappa shape index (κ2) is 5.67. The Hall–Kier alpha value is -2.14. The van der Waals surface area contributed by atoms with E-state index in [-0.39, 0.29) is 17.5 Å². The summed E-state index contributed by atoms with van der Waals surface area (Å²) in [6.45, 7) is 0.0882. The molecule has 0 saturated heterocycles. The molecule has 6 heteroatoms. The van der Waals surface area contributed by atoms with Gasteiger partial charge in [0, 0.05) is 17.7 Å². The molecule has 0 aliphatic carbocycles. The number of nitrogens with one attached hydrogen (secondary N) is 1. The monoisotopic (exact) mass is 280 g/mol. The van der Waals surface area contributed by atoms with E-state index in [4.69, 9.17) is 16.7 Å². The van der Waals surface area contributed by atoms with Crippen LogP contribution in [0.25, 0.3) is 11.3 Å². The van der Waals surface area contributed by atoms with Crippen LogP contribution >= 0.6 is 11.6 Å². The second-order valence-electron chi connectivity index (χ2n) is 3.81. The van der Waals surface area contributed by atoms with Gasteiger partial charge < -0.3 is 10.4 Å². The van der Waals surface area contributed by atoms with Crippen molar-refractivity contribution < 1.29 is 14.3 Å². The maximum Gasteiger partial charge on any atom is 0.404 e. The zero-order valence-corrected chi connectivity index (χ0v) is 10.5. The highest BCUT2D eigenvalue weighted by atomic mass is 35.5. The van der Waals surface area contributed by atoms with E-state index in [0.29, 0.717) is 11.3 Å². The van der Waals surface area contributed by atoms with Crippen molar-refractivity contribution in [1.82, 2.24) is 10.3 Å². The van der Waals surface area contributed by atoms with Crippen LogP contribution in [-0.4, -0.2) is 16.2 Å². The molecule has 98 valence electrons. The molecule has 1 aromatic carbocycles. The van der Waals surface area contributed by atoms with Crippen LogP contribution in [0, 0.1) is 5.82 Å². The van der Waals surface area contributed by atoms with E-state index in [0.717, 1.165) is 5.56 Å². The van der Waals surface area contributed by atoms with Crippen molar-refractivity contribution in [2.24, 2.45) is 0 Å². The van der Waals surface area contributed by atoms with E-state index in [9.17, 15) is 9.18 Å². The molecule has 0 aliphatic rings. The molecule has 1 heterocycles. The highest BCUT2D eigenvalue weighted by molar-refractivity contribution is 6.30. The van der Waals surface area contributed by atoms with Crippen molar-refractivity contribution in [1.29, 1.82) is 0 Å². The molecule has 0 bridgehead atoms. The number of rotatable bonds is 3. The van der Waals surface area contributed by atoms with Gasteiger partial charge >= 0.3 is 6.09 Å². The van der Waals surface area contributed by atoms with E-state index in [1.165, 1.54) is 12.1 Å². The minimum absolute atomic E-state index is 0.0882. The van der Waals surface area contributed by atoms with Crippen molar-refractivity contribution in [3.63, 3.8) is 0 Å². The first-order chi connectivity index (χ1) is 9.06. The molecule has 0 aliphatic heterocycles. The quantitative estimate of drug-likeness (QED) is 0.848. The van der Waals surface area contributed by atoms with Crippen molar-refractivity contribution in [2.45, 2.75) is 6.54 Å². The van der Waals surface area contributed by atoms with Crippen LogP contribution in [0.3, 0.4) is 0 Å². The largest absolute Gasteiger partial charge is 0.465 e. The molecule has 2 rings (SSSR count). The van der Waals surface area contributed by atoms with Crippen LogP contribution in [0.4, 0.5) is 9.18 Å². The molecule has 0 saturated carbocycles. The standard InChI is InChI=1S/C13H10ClFN2O2/c14-12-9(7-16-13(18)19)3-6-11(17-12)8-1-4-10(15)5-2-8/h1-6,16H,7H2,(H,18,19). The summed E-state index contributed by atoms with van der Waals surface area (Å²) in [6, 6.07) is 9.27. The summed E-state index contributed by atoms with van der Waals surface area (Å²) >= 11 is 5.98. The lowest BCUT2D eigenvalue weighted by molar-refractivity contribution is 0.194. The number of halogens is 2. The van der Waals surface area contributed by atoms with Crippen molar-refractivity contribution in [2.75, 3.05) is 0 Å². The molecule has 19 heavy (non-hydrogen) atoms. The highest BCUT2D eigenvalue weighted by Gasteiger charge is 2.06. The van der Waals surface area contributed by atoms with Gasteiger partial charge in [-0.3, -0.25) is 0 Å². The molecule has 1 aromatic heterocycles. The molecule has 4 nitrogen and oxygen atoms in total. The van der Waals surface area contributed by atoms with Crippen LogP contribution < -0.4 is 5.32 Å². The molecule has 1 amide bonds. The van der Waals surface area contributed by atoms with Crippen LogP contribution in [-0.2, 0) is 6.54 Å². The fourth-order valence-corrected chi connectivity index (χ4v) is 1.77. The molecule has 2 N–H and O–H groups in total. The van der Waals surface area contributed by atoms with Gasteiger partial charge in [0.25, 0.3) is 0 Å². The summed E-state index contributed by atoms with van der Waals surface area (Å²) in [5, 5.41) is 10.9. The minimum Gasteiger partial charge on any atom is -0.465 e. The third kappa shape index (κ3) is 3.42. The van der Waals surface area contributed by atoms with E-state index in [2.05, 4.69) is 10.3 Å². The van der Waals surface area contributed by atoms with Gasteiger partial charge in [-0.15, -0.1) is 0 Å². The third-order valence-corrected chi connectivity index (χ3v) is 2.82. The van der Waals surface area contributed by atoms with Gasteiger partial charge in [-0.25, -0.2) is 14.2 Å². The van der Waals surface area contributed by atoms with E-state index in [1.807, 2.05) is 0 Å². The van der Waals surface area contributed by atoms with Gasteiger partial charge in [0.05, 0.1) is 5.69 Å². The number of amides is 1. The lowest BCUT2D eigenvalue weighted by atomic mass is 10.1. The Morgan fingerprint density at radius 2 is 1.95 bits per heavy atom. The third-order valence-electron chi connectivity index (χ3n) is 2.50. The number of pyridine rings is 1. The van der Waals surface area contributed by atoms with Gasteiger partial charge in [-0.2, -0.15) is 0 Å². The molecule has 0 atom stereocenters. The smallest absolute Gasteiger partial charge is 0.404 e. The summed E-state index contributed by atoms with van der Waals surface area (Å²) in [7, 11) is 0. The molecule has 0 fully saturated rings. The van der Waals surface area contributed by atoms with Crippen LogP contribution in [0.1, 0.15) is 5.56 Å². The topological polar surface area (TPSA) is 62.2 Å². The minimum atomic E-state index is -1.13. The number of nitrogens with zero attached hydrogens (tertiary/aromatic N) is 1. The number of aromatic nitrogens is 1. The number of hydrogen-bond acceptors (Lipinski definition) is 2. The Labute approximate surface area is 113 Å². The first-order valence-corrected chi connectivity index (χ1v) is 5.82. The first kappa shape index (κ1) is 13.3. The second-order valence-corrected chi connectivity index (χ2v) is 4.17. The van der Waals surface area contributed by atoms with E-state index >= 15 is 0 Å². The summed E-state index contributed by atoms with van der Waals surface area (Å²) in [5.41, 5.74) is 1.92. The van der Waals surface area contributed by atoms with Gasteiger partial charge in [0.15, 0.2) is 0 Å². The fraction of sp³-hybridized carbons (Fsp3) is 0.0769. The maximum absolute atomic E-state index is 12.8. The van der Waals surface area contributed by atoms with Gasteiger partial charge in [0.2, 0.25) is 0 Å². The van der Waals surface area contributed by atoms with Crippen LogP contribution in [0.15, 0.2) is 36.4 Å². The first-order valence-electron chi connectivity index (χ1n) is 5.44. The normalized spacial score (nSPS) is 10.2. The van der Waals surface area contributed by atoms with E-state index < -0.39 is 6.09 Å². The molecule has 0 unspecified atom stereocenters. The predicted molar refractivity (Wildman–Crippen MR) is 69.5 cm³/mol. The maximum atomic E-state index is 12.8. The highest BCUT2D eigenvalue weighted by Crippen LogP contribution is 2.22. The SMILES string of the molecule is O=C(O)NCc1ccc(-c2ccc(F)cc2)nc1Cl. The number of carbonyl (C=O) groups is 1. The summed E-state index contributed by atoms with van der Waals surface area (Å²) in [6.07, 6.45) is -1.13. The van der Waals surface area contributed by atoms with Gasteiger partial charge in [-0.1, -0.05) is 17.7 Å². The summed E-state index contributed by atoms with van der Waals surface area (Å²) < 4.78 is 12.8. The fourth-order valence-electron chi connectivity index (χ4n) is 1.55. The van der Waals surface area contributed by atoms with Gasteiger partial charge in [0.1, 0.15) is 11.0 Å². The van der Waals surface area contributed by atoms with E-state index in [1.54, 1.807) is 24.3 Å². The predicted octanol–water partition coefficient (Wildman–Crippen LogP) is 3.31. The number of hydrogen-bond donors (Lipinski definition) is 2. The Bertz CT molecular complexity index is 602. The van der Waals surface area contributed by atoms with Crippen molar-refractivity contribution in [3.8, 4) is 11.3 Å². The average Bonchev–Trinajstić information content (AvgIpc) is 2.38. The number of carboxylic acid groups (broad SMARTS) is 1. The number of benzene rings is 1. The Kier molecular flexibility index (Phi) is 3.97.